The highest BCUT2D eigenvalue weighted by Crippen LogP contribution is 2.24. The van der Waals surface area contributed by atoms with Crippen LogP contribution < -0.4 is 15.4 Å². The number of ether oxygens (including phenoxy) is 1. The Morgan fingerprint density at radius 2 is 2.24 bits per heavy atom. The lowest BCUT2D eigenvalue weighted by Gasteiger charge is -2.09. The van der Waals surface area contributed by atoms with E-state index in [-0.39, 0.29) is 24.0 Å². The second-order valence-corrected chi connectivity index (χ2v) is 4.62. The molecule has 0 fully saturated rings. The van der Waals surface area contributed by atoms with Gasteiger partial charge >= 0.3 is 0 Å². The van der Waals surface area contributed by atoms with E-state index in [1.807, 2.05) is 18.2 Å². The zero-order valence-corrected chi connectivity index (χ0v) is 12.3. The van der Waals surface area contributed by atoms with Crippen LogP contribution in [0.3, 0.4) is 0 Å². The van der Waals surface area contributed by atoms with Crippen LogP contribution in [0.5, 0.6) is 5.75 Å². The van der Waals surface area contributed by atoms with Gasteiger partial charge in [0.25, 0.3) is 5.91 Å². The first-order chi connectivity index (χ1) is 9.72. The van der Waals surface area contributed by atoms with E-state index < -0.39 is 0 Å². The summed E-state index contributed by atoms with van der Waals surface area (Å²) in [7, 11) is 0. The fourth-order valence-electron chi connectivity index (χ4n) is 2.06. The number of carbonyl (C=O) groups excluding carboxylic acids is 1. The molecule has 0 saturated heterocycles. The lowest BCUT2D eigenvalue weighted by Crippen LogP contribution is -2.16. The van der Waals surface area contributed by atoms with Crippen molar-refractivity contribution in [2.45, 2.75) is 13.5 Å². The lowest BCUT2D eigenvalue weighted by atomic mass is 10.1. The summed E-state index contributed by atoms with van der Waals surface area (Å²) in [5.74, 6) is 1.17. The van der Waals surface area contributed by atoms with E-state index in [1.54, 1.807) is 13.0 Å². The Morgan fingerprint density at radius 3 is 3.00 bits per heavy atom. The van der Waals surface area contributed by atoms with E-state index in [1.165, 1.54) is 0 Å². The van der Waals surface area contributed by atoms with Gasteiger partial charge in [-0.05, 0) is 25.1 Å². The van der Waals surface area contributed by atoms with Crippen molar-refractivity contribution in [1.82, 2.24) is 10.5 Å². The molecule has 1 aliphatic rings. The smallest absolute Gasteiger partial charge is 0.277 e. The molecule has 112 valence electrons. The minimum atomic E-state index is -0.288. The molecule has 0 bridgehead atoms. The van der Waals surface area contributed by atoms with Crippen LogP contribution in [0.25, 0.3) is 0 Å². The molecule has 2 N–H and O–H groups in total. The largest absolute Gasteiger partial charge is 0.492 e. The lowest BCUT2D eigenvalue weighted by molar-refractivity contribution is 0.101. The maximum absolute atomic E-state index is 12.0. The Hall–Kier alpha value is -2.05. The Balaban J connectivity index is 0.00000161. The number of aromatic nitrogens is 1. The Bertz CT molecular complexity index is 642. The number of hydrogen-bond donors (Lipinski definition) is 2. The van der Waals surface area contributed by atoms with Crippen LogP contribution in [-0.4, -0.2) is 24.2 Å². The first-order valence-corrected chi connectivity index (χ1v) is 6.43. The van der Waals surface area contributed by atoms with Gasteiger partial charge in [-0.2, -0.15) is 0 Å². The van der Waals surface area contributed by atoms with Crippen molar-refractivity contribution in [3.63, 3.8) is 0 Å². The summed E-state index contributed by atoms with van der Waals surface area (Å²) in [5.41, 5.74) is 2.00. The average Bonchev–Trinajstić information content (AvgIpc) is 2.74. The highest BCUT2D eigenvalue weighted by Gasteiger charge is 2.13. The minimum Gasteiger partial charge on any atom is -0.492 e. The van der Waals surface area contributed by atoms with Crippen LogP contribution >= 0.6 is 12.4 Å². The monoisotopic (exact) mass is 309 g/mol. The van der Waals surface area contributed by atoms with Gasteiger partial charge in [-0.3, -0.25) is 4.79 Å². The zero-order valence-electron chi connectivity index (χ0n) is 11.5. The van der Waals surface area contributed by atoms with Crippen LogP contribution in [0.2, 0.25) is 0 Å². The van der Waals surface area contributed by atoms with E-state index >= 15 is 0 Å². The molecule has 2 heterocycles. The van der Waals surface area contributed by atoms with Crippen LogP contribution in [-0.2, 0) is 6.54 Å². The van der Waals surface area contributed by atoms with E-state index in [9.17, 15) is 4.79 Å². The predicted octanol–water partition coefficient (Wildman–Crippen LogP) is 2.14. The SMILES string of the molecule is Cc1cc(C(=O)Nc2ccc3c(c2)CNCCO3)no1.Cl. The normalized spacial score (nSPS) is 13.4. The molecule has 1 aliphatic heterocycles. The molecule has 6 nitrogen and oxygen atoms in total. The summed E-state index contributed by atoms with van der Waals surface area (Å²) in [6.07, 6.45) is 0. The molecule has 2 aromatic rings. The molecule has 0 radical (unpaired) electrons. The minimum absolute atomic E-state index is 0. The highest BCUT2D eigenvalue weighted by atomic mass is 35.5. The fourth-order valence-corrected chi connectivity index (χ4v) is 2.06. The van der Waals surface area contributed by atoms with Crippen LogP contribution in [0.4, 0.5) is 5.69 Å². The Morgan fingerprint density at radius 1 is 1.38 bits per heavy atom. The van der Waals surface area contributed by atoms with Gasteiger partial charge in [0.2, 0.25) is 0 Å². The second-order valence-electron chi connectivity index (χ2n) is 4.62. The summed E-state index contributed by atoms with van der Waals surface area (Å²) >= 11 is 0. The van der Waals surface area contributed by atoms with E-state index in [0.29, 0.717) is 18.1 Å². The highest BCUT2D eigenvalue weighted by molar-refractivity contribution is 6.02. The molecule has 0 unspecified atom stereocenters. The number of halogens is 1. The molecule has 3 rings (SSSR count). The molecule has 0 saturated carbocycles. The molecule has 7 heteroatoms. The van der Waals surface area contributed by atoms with Gasteiger partial charge in [0.1, 0.15) is 18.1 Å². The number of fused-ring (bicyclic) bond motifs is 1. The van der Waals surface area contributed by atoms with Gasteiger partial charge in [0, 0.05) is 30.4 Å². The first-order valence-electron chi connectivity index (χ1n) is 6.43. The van der Waals surface area contributed by atoms with Crippen molar-refractivity contribution in [2.24, 2.45) is 0 Å². The number of anilines is 1. The van der Waals surface area contributed by atoms with Gasteiger partial charge in [-0.25, -0.2) is 0 Å². The molecular formula is C14H16ClN3O3. The molecule has 1 aromatic carbocycles. The van der Waals surface area contributed by atoms with Crippen molar-refractivity contribution in [1.29, 1.82) is 0 Å². The van der Waals surface area contributed by atoms with Gasteiger partial charge in [-0.15, -0.1) is 12.4 Å². The summed E-state index contributed by atoms with van der Waals surface area (Å²) in [6.45, 7) is 3.93. The quantitative estimate of drug-likeness (QED) is 0.889. The Labute approximate surface area is 128 Å². The summed E-state index contributed by atoms with van der Waals surface area (Å²) in [6, 6.07) is 7.18. The second kappa shape index (κ2) is 6.60. The van der Waals surface area contributed by atoms with Crippen molar-refractivity contribution >= 4 is 24.0 Å². The maximum Gasteiger partial charge on any atom is 0.277 e. The average molecular weight is 310 g/mol. The number of carbonyl (C=O) groups is 1. The van der Waals surface area contributed by atoms with E-state index in [2.05, 4.69) is 15.8 Å². The molecule has 1 amide bonds. The molecule has 21 heavy (non-hydrogen) atoms. The summed E-state index contributed by atoms with van der Waals surface area (Å²) in [4.78, 5) is 12.0. The third-order valence-electron chi connectivity index (χ3n) is 3.03. The standard InChI is InChI=1S/C14H15N3O3.ClH/c1-9-6-12(17-20-9)14(18)16-11-2-3-13-10(7-11)8-15-4-5-19-13;/h2-3,6-7,15H,4-5,8H2,1H3,(H,16,18);1H. The van der Waals surface area contributed by atoms with Gasteiger partial charge in [0.15, 0.2) is 5.69 Å². The number of amides is 1. The van der Waals surface area contributed by atoms with Crippen molar-refractivity contribution in [3.05, 3.63) is 41.3 Å². The van der Waals surface area contributed by atoms with Crippen LogP contribution in [0.1, 0.15) is 21.8 Å². The molecule has 1 aromatic heterocycles. The van der Waals surface area contributed by atoms with E-state index in [4.69, 9.17) is 9.26 Å². The predicted molar refractivity (Wildman–Crippen MR) is 80.1 cm³/mol. The first kappa shape index (κ1) is 15.3. The number of rotatable bonds is 2. The van der Waals surface area contributed by atoms with E-state index in [0.717, 1.165) is 24.4 Å². The topological polar surface area (TPSA) is 76.4 Å². The van der Waals surface area contributed by atoms with Crippen molar-refractivity contribution < 1.29 is 14.1 Å². The molecule has 0 spiro atoms. The van der Waals surface area contributed by atoms with Crippen LogP contribution in [0, 0.1) is 6.92 Å². The van der Waals surface area contributed by atoms with Crippen LogP contribution in [0.15, 0.2) is 28.8 Å². The molecular weight excluding hydrogens is 294 g/mol. The number of nitrogens with zero attached hydrogens (tertiary/aromatic N) is 1. The van der Waals surface area contributed by atoms with Crippen molar-refractivity contribution in [3.8, 4) is 5.75 Å². The van der Waals surface area contributed by atoms with Crippen molar-refractivity contribution in [2.75, 3.05) is 18.5 Å². The fraction of sp³-hybridized carbons (Fsp3) is 0.286. The summed E-state index contributed by atoms with van der Waals surface area (Å²) < 4.78 is 10.5. The van der Waals surface area contributed by atoms with Gasteiger partial charge in [0.05, 0.1) is 0 Å². The molecule has 0 aliphatic carbocycles. The molecule has 0 atom stereocenters. The number of hydrogen-bond acceptors (Lipinski definition) is 5. The maximum atomic E-state index is 12.0. The summed E-state index contributed by atoms with van der Waals surface area (Å²) in [5, 5.41) is 9.74. The third kappa shape index (κ3) is 3.53. The zero-order chi connectivity index (χ0) is 13.9. The number of nitrogens with one attached hydrogen (secondary N) is 2. The third-order valence-corrected chi connectivity index (χ3v) is 3.03. The van der Waals surface area contributed by atoms with Gasteiger partial charge in [-0.1, -0.05) is 5.16 Å². The van der Waals surface area contributed by atoms with Gasteiger partial charge < -0.3 is 19.9 Å². The Kier molecular flexibility index (Phi) is 4.82. The number of benzene rings is 1. The number of aryl methyl sites for hydroxylation is 1.